The molecule has 2 aromatic heterocycles. The van der Waals surface area contributed by atoms with Crippen LogP contribution in [0.15, 0.2) is 24.3 Å². The van der Waals surface area contributed by atoms with Gasteiger partial charge in [-0.3, -0.25) is 14.9 Å². The van der Waals surface area contributed by atoms with Crippen molar-refractivity contribution < 1.29 is 51.6 Å². The summed E-state index contributed by atoms with van der Waals surface area (Å²) in [5.41, 5.74) is -0.884. The van der Waals surface area contributed by atoms with Gasteiger partial charge >= 0.3 is 0 Å². The molecule has 14 heteroatoms. The predicted octanol–water partition coefficient (Wildman–Crippen LogP) is 2.82. The maximum atomic E-state index is 14.6. The molecule has 9 nitrogen and oxygen atoms in total. The lowest BCUT2D eigenvalue weighted by molar-refractivity contribution is -0.245. The Hall–Kier alpha value is -4.11. The van der Waals surface area contributed by atoms with E-state index in [1.165, 1.54) is 0 Å². The molecule has 7 rings (SSSR count). The molecule has 0 unspecified atom stereocenters. The van der Waals surface area contributed by atoms with Gasteiger partial charge in [-0.05, 0) is 12.1 Å². The molecule has 4 heterocycles. The third kappa shape index (κ3) is 3.04. The lowest BCUT2D eigenvalue weighted by Gasteiger charge is -2.40. The molecule has 5 N–H and O–H groups in total. The van der Waals surface area contributed by atoms with E-state index in [0.717, 1.165) is 28.8 Å². The molecule has 5 atom stereocenters. The number of carbonyl (C=O) groups excluding carboxylic acids is 2. The summed E-state index contributed by atoms with van der Waals surface area (Å²) in [5.74, 6) is -6.97. The van der Waals surface area contributed by atoms with Crippen LogP contribution >= 0.6 is 0 Å². The van der Waals surface area contributed by atoms with Gasteiger partial charge in [-0.2, -0.15) is 0 Å². The molecule has 2 aliphatic heterocycles. The Bertz CT molecular complexity index is 1970. The van der Waals surface area contributed by atoms with Crippen molar-refractivity contribution in [3.05, 3.63) is 58.7 Å². The molecule has 206 valence electrons. The summed E-state index contributed by atoms with van der Waals surface area (Å²) in [7, 11) is 0. The highest BCUT2D eigenvalue weighted by Gasteiger charge is 2.46. The van der Waals surface area contributed by atoms with Crippen molar-refractivity contribution in [1.29, 1.82) is 0 Å². The van der Waals surface area contributed by atoms with Gasteiger partial charge < -0.3 is 29.6 Å². The average Bonchev–Trinajstić information content (AvgIpc) is 3.52. The van der Waals surface area contributed by atoms with E-state index in [1.54, 1.807) is 0 Å². The topological polar surface area (TPSA) is 137 Å². The highest BCUT2D eigenvalue weighted by Crippen LogP contribution is 2.46. The summed E-state index contributed by atoms with van der Waals surface area (Å²) in [6.45, 7) is -1.30. The fourth-order valence-electron chi connectivity index (χ4n) is 5.90. The number of alkyl halides is 1. The van der Waals surface area contributed by atoms with Crippen LogP contribution in [0.2, 0.25) is 0 Å². The van der Waals surface area contributed by atoms with E-state index in [1.807, 2.05) is 0 Å². The Morgan fingerprint density at radius 3 is 2.08 bits per heavy atom. The van der Waals surface area contributed by atoms with Crippen LogP contribution in [-0.4, -0.2) is 67.8 Å². The number of benzene rings is 3. The predicted molar refractivity (Wildman–Crippen MR) is 128 cm³/mol. The third-order valence-corrected chi connectivity index (χ3v) is 7.65. The first-order chi connectivity index (χ1) is 19.0. The largest absolute Gasteiger partial charge is 0.387 e. The number of imide groups is 1. The van der Waals surface area contributed by atoms with Gasteiger partial charge in [0, 0.05) is 39.2 Å². The lowest BCUT2D eigenvalue weighted by atomic mass is 9.96. The standard InChI is InChI=1S/C26H16F5N3O6/c27-5-14-21(35)22(36)23(37)26(40-14)34-13-4-11(31)9(29)2-7(13)16-18-17(24(38)33-25(18)39)15-6-1-8(28)10(30)3-12(6)32-19(15)20(16)34/h1-4,14,21-23,26,32,35-37H,5H2,(H,33,38,39)/t14-,21-,22+,23-,26-/m1/s1. The zero-order valence-electron chi connectivity index (χ0n) is 19.8. The van der Waals surface area contributed by atoms with Gasteiger partial charge in [0.05, 0.1) is 27.7 Å². The van der Waals surface area contributed by atoms with Crippen LogP contribution < -0.4 is 5.32 Å². The number of carbonyl (C=O) groups is 2. The Morgan fingerprint density at radius 1 is 0.800 bits per heavy atom. The molecule has 1 fully saturated rings. The number of halogens is 5. The molecule has 0 aliphatic carbocycles. The number of aliphatic hydroxyl groups is 3. The van der Waals surface area contributed by atoms with Crippen molar-refractivity contribution in [2.75, 3.05) is 6.67 Å². The van der Waals surface area contributed by atoms with Crippen LogP contribution in [0, 0.1) is 23.3 Å². The molecule has 2 amide bonds. The summed E-state index contributed by atoms with van der Waals surface area (Å²) >= 11 is 0. The quantitative estimate of drug-likeness (QED) is 0.166. The van der Waals surface area contributed by atoms with Gasteiger partial charge in [-0.1, -0.05) is 0 Å². The maximum Gasteiger partial charge on any atom is 0.259 e. The van der Waals surface area contributed by atoms with Gasteiger partial charge in [0.1, 0.15) is 31.1 Å². The number of nitrogens with zero attached hydrogens (tertiary/aromatic N) is 1. The van der Waals surface area contributed by atoms with Crippen molar-refractivity contribution in [1.82, 2.24) is 14.9 Å². The fraction of sp³-hybridized carbons (Fsp3) is 0.231. The van der Waals surface area contributed by atoms with Crippen LogP contribution in [0.5, 0.6) is 0 Å². The smallest absolute Gasteiger partial charge is 0.259 e. The molecule has 0 saturated carbocycles. The molecule has 0 radical (unpaired) electrons. The van der Waals surface area contributed by atoms with Crippen LogP contribution in [0.3, 0.4) is 0 Å². The summed E-state index contributed by atoms with van der Waals surface area (Å²) in [4.78, 5) is 28.9. The van der Waals surface area contributed by atoms with Gasteiger partial charge in [0.15, 0.2) is 29.5 Å². The number of aromatic nitrogens is 2. The summed E-state index contributed by atoms with van der Waals surface area (Å²) in [6, 6.07) is 3.09. The Kier molecular flexibility index (Phi) is 5.11. The van der Waals surface area contributed by atoms with Gasteiger partial charge in [0.25, 0.3) is 11.8 Å². The number of aliphatic hydroxyl groups excluding tert-OH is 3. The highest BCUT2D eigenvalue weighted by molar-refractivity contribution is 6.39. The van der Waals surface area contributed by atoms with Gasteiger partial charge in [0.2, 0.25) is 0 Å². The van der Waals surface area contributed by atoms with E-state index in [9.17, 15) is 46.9 Å². The molecular weight excluding hydrogens is 545 g/mol. The van der Waals surface area contributed by atoms with Crippen molar-refractivity contribution in [2.45, 2.75) is 30.6 Å². The molecule has 2 aliphatic rings. The van der Waals surface area contributed by atoms with E-state index in [4.69, 9.17) is 4.74 Å². The summed E-state index contributed by atoms with van der Waals surface area (Å²) < 4.78 is 78.2. The number of hydrogen-bond acceptors (Lipinski definition) is 6. The first kappa shape index (κ1) is 24.9. The van der Waals surface area contributed by atoms with Gasteiger partial charge in [-0.15, -0.1) is 0 Å². The van der Waals surface area contributed by atoms with Crippen LogP contribution in [-0.2, 0) is 4.74 Å². The number of rotatable bonds is 2. The molecular formula is C26H16F5N3O6. The monoisotopic (exact) mass is 561 g/mol. The third-order valence-electron chi connectivity index (χ3n) is 7.65. The Morgan fingerprint density at radius 2 is 1.40 bits per heavy atom. The number of amides is 2. The van der Waals surface area contributed by atoms with Crippen molar-refractivity contribution in [3.8, 4) is 0 Å². The van der Waals surface area contributed by atoms with Gasteiger partial charge in [-0.25, -0.2) is 22.0 Å². The molecule has 0 bridgehead atoms. The average molecular weight is 561 g/mol. The number of nitrogens with one attached hydrogen (secondary N) is 2. The number of fused-ring (bicyclic) bond motifs is 10. The van der Waals surface area contributed by atoms with E-state index in [0.29, 0.717) is 0 Å². The number of H-pyrrole nitrogens is 1. The summed E-state index contributed by atoms with van der Waals surface area (Å²) in [6.07, 6.45) is -9.14. The maximum absolute atomic E-state index is 14.6. The second kappa shape index (κ2) is 8.20. The number of aromatic amines is 1. The van der Waals surface area contributed by atoms with Crippen LogP contribution in [0.1, 0.15) is 26.9 Å². The molecule has 0 spiro atoms. The first-order valence-corrected chi connectivity index (χ1v) is 11.9. The highest BCUT2D eigenvalue weighted by atomic mass is 19.2. The summed E-state index contributed by atoms with van der Waals surface area (Å²) in [5, 5.41) is 33.4. The minimum absolute atomic E-state index is 0.00623. The lowest BCUT2D eigenvalue weighted by Crippen LogP contribution is -2.56. The molecule has 40 heavy (non-hydrogen) atoms. The molecule has 5 aromatic rings. The SMILES string of the molecule is O=C1NC(=O)c2c1c1c3cc(F)c(F)cc3[nH]c1c1c2c2cc(F)c(F)cc2n1[C@@H]1O[C@H](CF)[C@@H](O)[C@H](O)[C@H]1O. The molecule has 1 saturated heterocycles. The van der Waals surface area contributed by atoms with Crippen molar-refractivity contribution >= 4 is 55.4 Å². The number of hydrogen-bond donors (Lipinski definition) is 5. The van der Waals surface area contributed by atoms with E-state index in [2.05, 4.69) is 10.3 Å². The zero-order valence-corrected chi connectivity index (χ0v) is 19.8. The van der Waals surface area contributed by atoms with Crippen LogP contribution in [0.25, 0.3) is 43.6 Å². The Labute approximate surface area is 218 Å². The van der Waals surface area contributed by atoms with E-state index in [-0.39, 0.29) is 54.7 Å². The van der Waals surface area contributed by atoms with E-state index >= 15 is 0 Å². The number of ether oxygens (including phenoxy) is 1. The minimum Gasteiger partial charge on any atom is -0.387 e. The second-order valence-electron chi connectivity index (χ2n) is 9.79. The fourth-order valence-corrected chi connectivity index (χ4v) is 5.90. The van der Waals surface area contributed by atoms with E-state index < -0.39 is 72.4 Å². The normalized spacial score (nSPS) is 25.1. The molecule has 3 aromatic carbocycles. The van der Waals surface area contributed by atoms with Crippen molar-refractivity contribution in [3.63, 3.8) is 0 Å². The Balaban J connectivity index is 1.74. The minimum atomic E-state index is -1.96. The van der Waals surface area contributed by atoms with Crippen LogP contribution in [0.4, 0.5) is 22.0 Å². The first-order valence-electron chi connectivity index (χ1n) is 11.9. The second-order valence-corrected chi connectivity index (χ2v) is 9.79. The zero-order chi connectivity index (χ0) is 28.4. The van der Waals surface area contributed by atoms with Crippen molar-refractivity contribution in [2.24, 2.45) is 0 Å².